The van der Waals surface area contributed by atoms with E-state index in [0.29, 0.717) is 0 Å². The zero-order valence-corrected chi connectivity index (χ0v) is 14.3. The molecule has 1 heterocycles. The van der Waals surface area contributed by atoms with Crippen molar-refractivity contribution in [1.29, 1.82) is 0 Å². The molecule has 0 spiro atoms. The molecule has 0 unspecified atom stereocenters. The molecule has 6 nitrogen and oxygen atoms in total. The number of carbonyl (C=O) groups is 1. The number of aromatic nitrogens is 1. The molecule has 23 heavy (non-hydrogen) atoms. The minimum absolute atomic E-state index is 0.0735. The number of pyridine rings is 1. The normalized spacial score (nSPS) is 11.1. The number of aryl methyl sites for hydroxylation is 1. The molecular weight excluding hydrogens is 340 g/mol. The number of nitrogens with zero attached hydrogens (tertiary/aromatic N) is 1. The molecule has 2 aromatic rings. The number of Topliss-reactive ketones (excluding diaryl/α,β-unsaturated/α-hetero) is 1. The summed E-state index contributed by atoms with van der Waals surface area (Å²) in [6.45, 7) is 3.10. The number of methoxy groups -OCH3 is 1. The van der Waals surface area contributed by atoms with Crippen LogP contribution in [0.2, 0.25) is 5.02 Å². The molecule has 0 amide bonds. The highest BCUT2D eigenvalue weighted by Crippen LogP contribution is 2.27. The quantitative estimate of drug-likeness (QED) is 0.834. The van der Waals surface area contributed by atoms with E-state index < -0.39 is 10.0 Å². The lowest BCUT2D eigenvalue weighted by molar-refractivity contribution is 0.101. The Labute approximate surface area is 139 Å². The van der Waals surface area contributed by atoms with Crippen molar-refractivity contribution in [2.45, 2.75) is 18.7 Å². The Kier molecular flexibility index (Phi) is 4.91. The van der Waals surface area contributed by atoms with Crippen molar-refractivity contribution in [1.82, 2.24) is 4.98 Å². The van der Waals surface area contributed by atoms with Crippen LogP contribution in [0.15, 0.2) is 35.4 Å². The summed E-state index contributed by atoms with van der Waals surface area (Å²) < 4.78 is 32.5. The van der Waals surface area contributed by atoms with E-state index in [1.807, 2.05) is 0 Å². The summed E-state index contributed by atoms with van der Waals surface area (Å²) in [7, 11) is -2.52. The molecule has 1 aromatic heterocycles. The Balaban J connectivity index is 2.46. The van der Waals surface area contributed by atoms with Gasteiger partial charge in [-0.2, -0.15) is 0 Å². The molecule has 0 bridgehead atoms. The first-order valence-electron chi connectivity index (χ1n) is 6.58. The second-order valence-corrected chi connectivity index (χ2v) is 6.96. The van der Waals surface area contributed by atoms with Crippen LogP contribution in [0, 0.1) is 6.92 Å². The first kappa shape index (κ1) is 17.2. The molecule has 0 fully saturated rings. The lowest BCUT2D eigenvalue weighted by atomic mass is 10.1. The van der Waals surface area contributed by atoms with E-state index in [-0.39, 0.29) is 32.8 Å². The highest BCUT2D eigenvalue weighted by atomic mass is 35.5. The van der Waals surface area contributed by atoms with Gasteiger partial charge in [-0.25, -0.2) is 13.4 Å². The van der Waals surface area contributed by atoms with Crippen molar-refractivity contribution in [3.63, 3.8) is 0 Å². The number of sulfonamides is 1. The fourth-order valence-electron chi connectivity index (χ4n) is 1.94. The molecule has 0 aliphatic heterocycles. The highest BCUT2D eigenvalue weighted by molar-refractivity contribution is 7.92. The van der Waals surface area contributed by atoms with Crippen molar-refractivity contribution in [2.24, 2.45) is 0 Å². The number of rotatable bonds is 5. The molecule has 122 valence electrons. The SMILES string of the molecule is COc1ncc(C)cc1NS(=O)(=O)c1ccc(Cl)c(C(C)=O)c1. The highest BCUT2D eigenvalue weighted by Gasteiger charge is 2.19. The summed E-state index contributed by atoms with van der Waals surface area (Å²) >= 11 is 5.90. The third-order valence-electron chi connectivity index (χ3n) is 3.05. The first-order valence-corrected chi connectivity index (χ1v) is 8.44. The van der Waals surface area contributed by atoms with E-state index in [2.05, 4.69) is 9.71 Å². The van der Waals surface area contributed by atoms with Crippen LogP contribution in [-0.2, 0) is 10.0 Å². The van der Waals surface area contributed by atoms with Crippen LogP contribution in [0.1, 0.15) is 22.8 Å². The van der Waals surface area contributed by atoms with Crippen LogP contribution < -0.4 is 9.46 Å². The van der Waals surface area contributed by atoms with Gasteiger partial charge in [0.05, 0.1) is 17.0 Å². The lowest BCUT2D eigenvalue weighted by Crippen LogP contribution is -2.15. The maximum absolute atomic E-state index is 12.5. The van der Waals surface area contributed by atoms with Crippen LogP contribution in [0.3, 0.4) is 0 Å². The van der Waals surface area contributed by atoms with Gasteiger partial charge in [0, 0.05) is 11.8 Å². The van der Waals surface area contributed by atoms with Gasteiger partial charge in [0.2, 0.25) is 5.88 Å². The smallest absolute Gasteiger partial charge is 0.262 e. The molecule has 0 radical (unpaired) electrons. The second kappa shape index (κ2) is 6.55. The van der Waals surface area contributed by atoms with Crippen molar-refractivity contribution in [3.05, 3.63) is 46.6 Å². The molecule has 1 N–H and O–H groups in total. The van der Waals surface area contributed by atoms with E-state index in [9.17, 15) is 13.2 Å². The number of hydrogen-bond acceptors (Lipinski definition) is 5. The lowest BCUT2D eigenvalue weighted by Gasteiger charge is -2.12. The average Bonchev–Trinajstić information content (AvgIpc) is 2.47. The number of halogens is 1. The summed E-state index contributed by atoms with van der Waals surface area (Å²) in [5, 5.41) is 0.200. The summed E-state index contributed by atoms with van der Waals surface area (Å²) in [6, 6.07) is 5.54. The zero-order chi connectivity index (χ0) is 17.2. The maximum Gasteiger partial charge on any atom is 0.262 e. The largest absolute Gasteiger partial charge is 0.480 e. The van der Waals surface area contributed by atoms with Gasteiger partial charge in [0.15, 0.2) is 5.78 Å². The van der Waals surface area contributed by atoms with Gasteiger partial charge in [0.1, 0.15) is 5.69 Å². The van der Waals surface area contributed by atoms with Gasteiger partial charge in [0.25, 0.3) is 10.0 Å². The minimum Gasteiger partial charge on any atom is -0.480 e. The molecule has 0 aliphatic rings. The fourth-order valence-corrected chi connectivity index (χ4v) is 3.26. The summed E-state index contributed by atoms with van der Waals surface area (Å²) in [5.74, 6) is -0.165. The zero-order valence-electron chi connectivity index (χ0n) is 12.8. The predicted octanol–water partition coefficient (Wildman–Crippen LogP) is 3.06. The van der Waals surface area contributed by atoms with Gasteiger partial charge in [-0.1, -0.05) is 11.6 Å². The van der Waals surface area contributed by atoms with Crippen LogP contribution in [-0.4, -0.2) is 26.3 Å². The third-order valence-corrected chi connectivity index (χ3v) is 4.75. The van der Waals surface area contributed by atoms with Gasteiger partial charge in [-0.3, -0.25) is 9.52 Å². The number of hydrogen-bond donors (Lipinski definition) is 1. The monoisotopic (exact) mass is 354 g/mol. The van der Waals surface area contributed by atoms with Crippen molar-refractivity contribution in [2.75, 3.05) is 11.8 Å². The van der Waals surface area contributed by atoms with Crippen LogP contribution >= 0.6 is 11.6 Å². The molecular formula is C15H15ClN2O4S. The Bertz CT molecular complexity index is 866. The van der Waals surface area contributed by atoms with Gasteiger partial charge < -0.3 is 4.74 Å². The standard InChI is InChI=1S/C15H15ClN2O4S/c1-9-6-14(15(22-3)17-8-9)18-23(20,21)11-4-5-13(16)12(7-11)10(2)19/h4-8,18H,1-3H3. The van der Waals surface area contributed by atoms with E-state index in [4.69, 9.17) is 16.3 Å². The molecule has 2 rings (SSSR count). The first-order chi connectivity index (χ1) is 10.7. The third kappa shape index (κ3) is 3.80. The number of benzene rings is 1. The van der Waals surface area contributed by atoms with Gasteiger partial charge >= 0.3 is 0 Å². The Hall–Kier alpha value is -2.12. The second-order valence-electron chi connectivity index (χ2n) is 4.87. The maximum atomic E-state index is 12.5. The van der Waals surface area contributed by atoms with E-state index in [1.54, 1.807) is 19.2 Å². The van der Waals surface area contributed by atoms with Gasteiger partial charge in [-0.05, 0) is 43.7 Å². The fraction of sp³-hybridized carbons (Fsp3) is 0.200. The molecule has 0 aliphatic carbocycles. The summed E-state index contributed by atoms with van der Waals surface area (Å²) in [6.07, 6.45) is 1.56. The van der Waals surface area contributed by atoms with Crippen LogP contribution in [0.25, 0.3) is 0 Å². The number of ether oxygens (including phenoxy) is 1. The van der Waals surface area contributed by atoms with Crippen molar-refractivity contribution in [3.8, 4) is 5.88 Å². The summed E-state index contributed by atoms with van der Waals surface area (Å²) in [4.78, 5) is 15.5. The number of carbonyl (C=O) groups excluding carboxylic acids is 1. The van der Waals surface area contributed by atoms with E-state index >= 15 is 0 Å². The van der Waals surface area contributed by atoms with E-state index in [0.717, 1.165) is 5.56 Å². The van der Waals surface area contributed by atoms with E-state index in [1.165, 1.54) is 32.2 Å². The molecule has 0 saturated heterocycles. The Morgan fingerprint density at radius 3 is 2.61 bits per heavy atom. The number of nitrogens with one attached hydrogen (secondary N) is 1. The molecule has 0 atom stereocenters. The Morgan fingerprint density at radius 1 is 1.30 bits per heavy atom. The average molecular weight is 355 g/mol. The van der Waals surface area contributed by atoms with Crippen LogP contribution in [0.5, 0.6) is 5.88 Å². The molecule has 8 heteroatoms. The van der Waals surface area contributed by atoms with Crippen LogP contribution in [0.4, 0.5) is 5.69 Å². The predicted molar refractivity (Wildman–Crippen MR) is 87.8 cm³/mol. The molecule has 0 saturated carbocycles. The van der Waals surface area contributed by atoms with Crippen molar-refractivity contribution < 1.29 is 17.9 Å². The van der Waals surface area contributed by atoms with Crippen molar-refractivity contribution >= 4 is 33.1 Å². The van der Waals surface area contributed by atoms with Gasteiger partial charge in [-0.15, -0.1) is 0 Å². The Morgan fingerprint density at radius 2 is 2.00 bits per heavy atom. The number of anilines is 1. The topological polar surface area (TPSA) is 85.4 Å². The summed E-state index contributed by atoms with van der Waals surface area (Å²) in [5.41, 5.74) is 1.12. The minimum atomic E-state index is -3.92. The molecule has 1 aromatic carbocycles. The number of ketones is 1.